The van der Waals surface area contributed by atoms with E-state index >= 15 is 0 Å². The van der Waals surface area contributed by atoms with E-state index in [9.17, 15) is 4.79 Å². The number of rotatable bonds is 4. The zero-order valence-electron chi connectivity index (χ0n) is 7.60. The van der Waals surface area contributed by atoms with Crippen molar-refractivity contribution < 1.29 is 9.90 Å². The molecule has 1 rings (SSSR count). The fourth-order valence-corrected chi connectivity index (χ4v) is 0.965. The van der Waals surface area contributed by atoms with E-state index in [4.69, 9.17) is 16.6 Å². The minimum absolute atomic E-state index is 0.156. The summed E-state index contributed by atoms with van der Waals surface area (Å²) in [7, 11) is 0. The van der Waals surface area contributed by atoms with Gasteiger partial charge in [-0.05, 0) is 12.1 Å². The third-order valence-electron chi connectivity index (χ3n) is 1.79. The van der Waals surface area contributed by atoms with Crippen molar-refractivity contribution in [3.05, 3.63) is 24.3 Å². The number of carboxylic acids is 1. The van der Waals surface area contributed by atoms with Crippen LogP contribution < -0.4 is 16.8 Å². The zero-order chi connectivity index (χ0) is 10.6. The molecule has 0 aliphatic heterocycles. The number of hydrogen-bond acceptors (Lipinski definition) is 4. The standard InChI is InChI=1S/C9H13N3O2/c10-6-3-1-2-4-8(6)12-5-7(11)9(13)14/h1-4,7,12H,5,10-11H2,(H,13,14)/t7-/m0/s1. The highest BCUT2D eigenvalue weighted by atomic mass is 16.4. The Morgan fingerprint density at radius 1 is 1.50 bits per heavy atom. The van der Waals surface area contributed by atoms with Crippen LogP contribution in [0.25, 0.3) is 0 Å². The monoisotopic (exact) mass is 195 g/mol. The van der Waals surface area contributed by atoms with Crippen molar-refractivity contribution >= 4 is 17.3 Å². The van der Waals surface area contributed by atoms with Gasteiger partial charge >= 0.3 is 5.97 Å². The highest BCUT2D eigenvalue weighted by Crippen LogP contribution is 2.15. The van der Waals surface area contributed by atoms with Gasteiger partial charge in [0.25, 0.3) is 0 Å². The largest absolute Gasteiger partial charge is 0.480 e. The fraction of sp³-hybridized carbons (Fsp3) is 0.222. The number of para-hydroxylation sites is 2. The molecule has 0 aliphatic carbocycles. The molecule has 5 heteroatoms. The number of anilines is 2. The average Bonchev–Trinajstić information content (AvgIpc) is 2.16. The highest BCUT2D eigenvalue weighted by molar-refractivity contribution is 5.74. The van der Waals surface area contributed by atoms with Crippen molar-refractivity contribution in [3.63, 3.8) is 0 Å². The van der Waals surface area contributed by atoms with Gasteiger partial charge in [-0.2, -0.15) is 0 Å². The first kappa shape index (κ1) is 10.3. The summed E-state index contributed by atoms with van der Waals surface area (Å²) >= 11 is 0. The van der Waals surface area contributed by atoms with Crippen LogP contribution in [-0.4, -0.2) is 23.7 Å². The van der Waals surface area contributed by atoms with E-state index in [2.05, 4.69) is 5.32 Å². The molecule has 0 fully saturated rings. The van der Waals surface area contributed by atoms with Gasteiger partial charge in [0, 0.05) is 6.54 Å². The maximum absolute atomic E-state index is 10.4. The van der Waals surface area contributed by atoms with Gasteiger partial charge in [-0.3, -0.25) is 4.79 Å². The van der Waals surface area contributed by atoms with Crippen LogP contribution in [0.1, 0.15) is 0 Å². The van der Waals surface area contributed by atoms with Crippen LogP contribution in [0.4, 0.5) is 11.4 Å². The lowest BCUT2D eigenvalue weighted by atomic mass is 10.2. The van der Waals surface area contributed by atoms with Gasteiger partial charge in [0.1, 0.15) is 6.04 Å². The number of carbonyl (C=O) groups is 1. The molecule has 1 atom stereocenters. The minimum atomic E-state index is -1.04. The summed E-state index contributed by atoms with van der Waals surface area (Å²) in [6, 6.07) is 6.19. The van der Waals surface area contributed by atoms with Gasteiger partial charge in [0.05, 0.1) is 11.4 Å². The normalized spacial score (nSPS) is 12.1. The molecule has 0 heterocycles. The maximum Gasteiger partial charge on any atom is 0.322 e. The van der Waals surface area contributed by atoms with Crippen LogP contribution in [0.2, 0.25) is 0 Å². The second-order valence-electron chi connectivity index (χ2n) is 2.91. The molecule has 0 saturated carbocycles. The molecule has 0 aliphatic rings. The molecule has 0 amide bonds. The van der Waals surface area contributed by atoms with E-state index in [0.29, 0.717) is 11.4 Å². The first-order chi connectivity index (χ1) is 6.61. The second-order valence-corrected chi connectivity index (χ2v) is 2.91. The molecule has 0 saturated heterocycles. The first-order valence-corrected chi connectivity index (χ1v) is 4.18. The fourth-order valence-electron chi connectivity index (χ4n) is 0.965. The van der Waals surface area contributed by atoms with Gasteiger partial charge in [-0.15, -0.1) is 0 Å². The van der Waals surface area contributed by atoms with E-state index in [-0.39, 0.29) is 6.54 Å². The van der Waals surface area contributed by atoms with Crippen LogP contribution >= 0.6 is 0 Å². The van der Waals surface area contributed by atoms with E-state index in [0.717, 1.165) is 0 Å². The Hall–Kier alpha value is -1.75. The van der Waals surface area contributed by atoms with Crippen molar-refractivity contribution in [3.8, 4) is 0 Å². The van der Waals surface area contributed by atoms with Crippen molar-refractivity contribution in [2.45, 2.75) is 6.04 Å². The summed E-state index contributed by atoms with van der Waals surface area (Å²) in [6.07, 6.45) is 0. The summed E-state index contributed by atoms with van der Waals surface area (Å²) in [4.78, 5) is 10.4. The maximum atomic E-state index is 10.4. The van der Waals surface area contributed by atoms with E-state index < -0.39 is 12.0 Å². The van der Waals surface area contributed by atoms with Gasteiger partial charge in [0.2, 0.25) is 0 Å². The topological polar surface area (TPSA) is 101 Å². The quantitative estimate of drug-likeness (QED) is 0.510. The van der Waals surface area contributed by atoms with Crippen molar-refractivity contribution in [2.75, 3.05) is 17.6 Å². The number of aliphatic carboxylic acids is 1. The molecule has 76 valence electrons. The summed E-state index contributed by atoms with van der Waals surface area (Å²) in [5.74, 6) is -1.04. The summed E-state index contributed by atoms with van der Waals surface area (Å²) in [5, 5.41) is 11.4. The molecular weight excluding hydrogens is 182 g/mol. The van der Waals surface area contributed by atoms with E-state index in [1.807, 2.05) is 6.07 Å². The molecule has 14 heavy (non-hydrogen) atoms. The molecule has 1 aromatic rings. The molecule has 6 N–H and O–H groups in total. The Morgan fingerprint density at radius 2 is 2.14 bits per heavy atom. The summed E-state index contributed by atoms with van der Waals surface area (Å²) in [6.45, 7) is 0.156. The summed E-state index contributed by atoms with van der Waals surface area (Å²) < 4.78 is 0. The summed E-state index contributed by atoms with van der Waals surface area (Å²) in [5.41, 5.74) is 12.2. The second kappa shape index (κ2) is 4.48. The van der Waals surface area contributed by atoms with Crippen LogP contribution in [-0.2, 0) is 4.79 Å². The number of carboxylic acid groups (broad SMARTS) is 1. The number of nitrogens with two attached hydrogens (primary N) is 2. The van der Waals surface area contributed by atoms with Crippen LogP contribution in [0.3, 0.4) is 0 Å². The zero-order valence-corrected chi connectivity index (χ0v) is 7.60. The predicted octanol–water partition coefficient (Wildman–Crippen LogP) is 0.0926. The molecule has 0 spiro atoms. The molecular formula is C9H13N3O2. The molecule has 0 radical (unpaired) electrons. The average molecular weight is 195 g/mol. The van der Waals surface area contributed by atoms with Crippen LogP contribution in [0, 0.1) is 0 Å². The lowest BCUT2D eigenvalue weighted by Crippen LogP contribution is -2.37. The van der Waals surface area contributed by atoms with Gasteiger partial charge in [-0.25, -0.2) is 0 Å². The van der Waals surface area contributed by atoms with Gasteiger partial charge in [0.15, 0.2) is 0 Å². The van der Waals surface area contributed by atoms with Crippen LogP contribution in [0.15, 0.2) is 24.3 Å². The van der Waals surface area contributed by atoms with Crippen LogP contribution in [0.5, 0.6) is 0 Å². The number of benzene rings is 1. The molecule has 0 aromatic heterocycles. The minimum Gasteiger partial charge on any atom is -0.480 e. The lowest BCUT2D eigenvalue weighted by molar-refractivity contribution is -0.138. The highest BCUT2D eigenvalue weighted by Gasteiger charge is 2.10. The molecule has 0 unspecified atom stereocenters. The SMILES string of the molecule is Nc1ccccc1NC[C@H](N)C(=O)O. The third kappa shape index (κ3) is 2.63. The van der Waals surface area contributed by atoms with Crippen molar-refractivity contribution in [1.82, 2.24) is 0 Å². The Kier molecular flexibility index (Phi) is 3.30. The predicted molar refractivity (Wildman–Crippen MR) is 55.0 cm³/mol. The Labute approximate surface area is 81.7 Å². The molecule has 0 bridgehead atoms. The van der Waals surface area contributed by atoms with Gasteiger partial charge < -0.3 is 21.9 Å². The van der Waals surface area contributed by atoms with E-state index in [1.165, 1.54) is 0 Å². The van der Waals surface area contributed by atoms with Gasteiger partial charge in [-0.1, -0.05) is 12.1 Å². The molecule has 1 aromatic carbocycles. The third-order valence-corrected chi connectivity index (χ3v) is 1.79. The lowest BCUT2D eigenvalue weighted by Gasteiger charge is -2.11. The molecule has 5 nitrogen and oxygen atoms in total. The number of nitrogen functional groups attached to an aromatic ring is 1. The van der Waals surface area contributed by atoms with Crippen molar-refractivity contribution in [2.24, 2.45) is 5.73 Å². The first-order valence-electron chi connectivity index (χ1n) is 4.18. The number of hydrogen-bond donors (Lipinski definition) is 4. The van der Waals surface area contributed by atoms with Crippen molar-refractivity contribution in [1.29, 1.82) is 0 Å². The smallest absolute Gasteiger partial charge is 0.322 e. The Balaban J connectivity index is 2.54. The Bertz CT molecular complexity index is 328. The Morgan fingerprint density at radius 3 is 2.71 bits per heavy atom. The van der Waals surface area contributed by atoms with E-state index in [1.54, 1.807) is 18.2 Å². The number of nitrogens with one attached hydrogen (secondary N) is 1.